The molecule has 1 aromatic rings. The number of rotatable bonds is 5. The van der Waals surface area contributed by atoms with Crippen molar-refractivity contribution < 1.29 is 10.2 Å². The third-order valence-electron chi connectivity index (χ3n) is 2.13. The fourth-order valence-corrected chi connectivity index (χ4v) is 1.08. The SMILES string of the molecule is CNc1cccc(NC(C)(CO)CO)n1. The van der Waals surface area contributed by atoms with E-state index in [2.05, 4.69) is 15.6 Å². The molecule has 0 atom stereocenters. The molecule has 0 saturated carbocycles. The van der Waals surface area contributed by atoms with Crippen molar-refractivity contribution in [2.45, 2.75) is 12.5 Å². The first kappa shape index (κ1) is 11.7. The molecule has 5 heteroatoms. The summed E-state index contributed by atoms with van der Waals surface area (Å²) in [6, 6.07) is 5.46. The Morgan fingerprint density at radius 1 is 1.27 bits per heavy atom. The minimum Gasteiger partial charge on any atom is -0.394 e. The molecule has 0 aliphatic heterocycles. The standard InChI is InChI=1S/C10H17N3O2/c1-10(6-14,7-15)13-9-5-3-4-8(11-2)12-9/h3-5,14-15H,6-7H2,1-2H3,(H2,11,12,13). The topological polar surface area (TPSA) is 77.4 Å². The Bertz CT molecular complexity index is 313. The van der Waals surface area contributed by atoms with Crippen LogP contribution in [0.15, 0.2) is 18.2 Å². The zero-order valence-corrected chi connectivity index (χ0v) is 8.99. The molecule has 1 rings (SSSR count). The first-order chi connectivity index (χ1) is 7.13. The molecule has 0 amide bonds. The van der Waals surface area contributed by atoms with Crippen LogP contribution in [0, 0.1) is 0 Å². The predicted molar refractivity (Wildman–Crippen MR) is 60.0 cm³/mol. The molecular formula is C10H17N3O2. The summed E-state index contributed by atoms with van der Waals surface area (Å²) in [5.74, 6) is 1.35. The second-order valence-electron chi connectivity index (χ2n) is 3.66. The molecule has 4 N–H and O–H groups in total. The molecule has 84 valence electrons. The third kappa shape index (κ3) is 3.07. The molecule has 0 spiro atoms. The molecule has 0 saturated heterocycles. The average Bonchev–Trinajstić information content (AvgIpc) is 2.29. The van der Waals surface area contributed by atoms with E-state index in [9.17, 15) is 0 Å². The number of pyridine rings is 1. The predicted octanol–water partition coefficient (Wildman–Crippen LogP) is 0.278. The van der Waals surface area contributed by atoms with E-state index in [4.69, 9.17) is 10.2 Å². The van der Waals surface area contributed by atoms with Crippen LogP contribution in [0.2, 0.25) is 0 Å². The van der Waals surface area contributed by atoms with Crippen molar-refractivity contribution in [3.8, 4) is 0 Å². The van der Waals surface area contributed by atoms with Gasteiger partial charge in [-0.2, -0.15) is 0 Å². The monoisotopic (exact) mass is 211 g/mol. The second-order valence-corrected chi connectivity index (χ2v) is 3.66. The summed E-state index contributed by atoms with van der Waals surface area (Å²) in [4.78, 5) is 4.23. The molecule has 5 nitrogen and oxygen atoms in total. The largest absolute Gasteiger partial charge is 0.394 e. The van der Waals surface area contributed by atoms with E-state index in [1.807, 2.05) is 12.1 Å². The van der Waals surface area contributed by atoms with Gasteiger partial charge in [-0.3, -0.25) is 0 Å². The van der Waals surface area contributed by atoms with E-state index < -0.39 is 5.54 Å². The lowest BCUT2D eigenvalue weighted by molar-refractivity contribution is 0.147. The average molecular weight is 211 g/mol. The number of anilines is 2. The van der Waals surface area contributed by atoms with Crippen molar-refractivity contribution >= 4 is 11.6 Å². The van der Waals surface area contributed by atoms with Crippen molar-refractivity contribution in [1.29, 1.82) is 0 Å². The van der Waals surface area contributed by atoms with Gasteiger partial charge < -0.3 is 20.8 Å². The Kier molecular flexibility index (Phi) is 3.88. The highest BCUT2D eigenvalue weighted by atomic mass is 16.3. The quantitative estimate of drug-likeness (QED) is 0.562. The van der Waals surface area contributed by atoms with Crippen molar-refractivity contribution in [1.82, 2.24) is 4.98 Å². The van der Waals surface area contributed by atoms with Crippen molar-refractivity contribution in [2.24, 2.45) is 0 Å². The lowest BCUT2D eigenvalue weighted by atomic mass is 10.1. The lowest BCUT2D eigenvalue weighted by Crippen LogP contribution is -2.42. The van der Waals surface area contributed by atoms with Crippen LogP contribution in [0.3, 0.4) is 0 Å². The molecule has 15 heavy (non-hydrogen) atoms. The maximum absolute atomic E-state index is 9.11. The maximum atomic E-state index is 9.11. The Morgan fingerprint density at radius 3 is 2.40 bits per heavy atom. The summed E-state index contributed by atoms with van der Waals surface area (Å²) in [5, 5.41) is 24.1. The summed E-state index contributed by atoms with van der Waals surface area (Å²) in [5.41, 5.74) is -0.751. The molecule has 0 aromatic carbocycles. The summed E-state index contributed by atoms with van der Waals surface area (Å²) >= 11 is 0. The number of hydrogen-bond donors (Lipinski definition) is 4. The van der Waals surface area contributed by atoms with Crippen LogP contribution >= 0.6 is 0 Å². The van der Waals surface area contributed by atoms with E-state index >= 15 is 0 Å². The van der Waals surface area contributed by atoms with Gasteiger partial charge in [-0.15, -0.1) is 0 Å². The molecule has 0 aliphatic rings. The molecular weight excluding hydrogens is 194 g/mol. The summed E-state index contributed by atoms with van der Waals surface area (Å²) in [6.45, 7) is 1.41. The summed E-state index contributed by atoms with van der Waals surface area (Å²) in [7, 11) is 1.78. The van der Waals surface area contributed by atoms with E-state index in [-0.39, 0.29) is 13.2 Å². The Labute approximate surface area is 89.2 Å². The zero-order valence-electron chi connectivity index (χ0n) is 8.99. The third-order valence-corrected chi connectivity index (χ3v) is 2.13. The highest BCUT2D eigenvalue weighted by molar-refractivity contribution is 5.46. The number of nitrogens with one attached hydrogen (secondary N) is 2. The molecule has 0 aliphatic carbocycles. The number of hydrogen-bond acceptors (Lipinski definition) is 5. The van der Waals surface area contributed by atoms with E-state index in [1.54, 1.807) is 20.0 Å². The van der Waals surface area contributed by atoms with Crippen LogP contribution in [-0.4, -0.2) is 41.0 Å². The van der Waals surface area contributed by atoms with Gasteiger partial charge in [0.15, 0.2) is 0 Å². The number of nitrogens with zero attached hydrogens (tertiary/aromatic N) is 1. The highest BCUT2D eigenvalue weighted by Crippen LogP contribution is 2.14. The number of aliphatic hydroxyl groups is 2. The Hall–Kier alpha value is -1.33. The normalized spacial score (nSPS) is 11.2. The first-order valence-corrected chi connectivity index (χ1v) is 4.78. The van der Waals surface area contributed by atoms with E-state index in [0.717, 1.165) is 5.82 Å². The van der Waals surface area contributed by atoms with Gasteiger partial charge in [-0.25, -0.2) is 4.98 Å². The molecule has 0 fully saturated rings. The van der Waals surface area contributed by atoms with Crippen molar-refractivity contribution in [3.05, 3.63) is 18.2 Å². The van der Waals surface area contributed by atoms with Crippen LogP contribution in [-0.2, 0) is 0 Å². The smallest absolute Gasteiger partial charge is 0.128 e. The van der Waals surface area contributed by atoms with Crippen LogP contribution in [0.1, 0.15) is 6.92 Å². The zero-order chi connectivity index (χ0) is 11.3. The maximum Gasteiger partial charge on any atom is 0.128 e. The summed E-state index contributed by atoms with van der Waals surface area (Å²) in [6.07, 6.45) is 0. The van der Waals surface area contributed by atoms with Gasteiger partial charge in [0.25, 0.3) is 0 Å². The number of aromatic nitrogens is 1. The van der Waals surface area contributed by atoms with E-state index in [1.165, 1.54) is 0 Å². The second kappa shape index (κ2) is 4.95. The van der Waals surface area contributed by atoms with Crippen LogP contribution in [0.5, 0.6) is 0 Å². The molecule has 0 unspecified atom stereocenters. The minimum absolute atomic E-state index is 0.158. The van der Waals surface area contributed by atoms with Crippen LogP contribution < -0.4 is 10.6 Å². The molecule has 1 heterocycles. The lowest BCUT2D eigenvalue weighted by Gasteiger charge is -2.26. The highest BCUT2D eigenvalue weighted by Gasteiger charge is 2.22. The Morgan fingerprint density at radius 2 is 1.87 bits per heavy atom. The fourth-order valence-electron chi connectivity index (χ4n) is 1.08. The van der Waals surface area contributed by atoms with Gasteiger partial charge in [0.05, 0.1) is 18.8 Å². The Balaban J connectivity index is 2.79. The van der Waals surface area contributed by atoms with Crippen LogP contribution in [0.4, 0.5) is 11.6 Å². The van der Waals surface area contributed by atoms with E-state index in [0.29, 0.717) is 5.82 Å². The van der Waals surface area contributed by atoms with Gasteiger partial charge in [0.2, 0.25) is 0 Å². The number of aliphatic hydroxyl groups excluding tert-OH is 2. The van der Waals surface area contributed by atoms with Gasteiger partial charge in [-0.05, 0) is 19.1 Å². The minimum atomic E-state index is -0.751. The van der Waals surface area contributed by atoms with Crippen molar-refractivity contribution in [2.75, 3.05) is 30.9 Å². The van der Waals surface area contributed by atoms with Gasteiger partial charge in [-0.1, -0.05) is 6.07 Å². The van der Waals surface area contributed by atoms with Gasteiger partial charge in [0.1, 0.15) is 11.6 Å². The fraction of sp³-hybridized carbons (Fsp3) is 0.500. The molecule has 0 bridgehead atoms. The summed E-state index contributed by atoms with van der Waals surface area (Å²) < 4.78 is 0. The van der Waals surface area contributed by atoms with Gasteiger partial charge in [0, 0.05) is 7.05 Å². The van der Waals surface area contributed by atoms with Gasteiger partial charge >= 0.3 is 0 Å². The van der Waals surface area contributed by atoms with Crippen molar-refractivity contribution in [3.63, 3.8) is 0 Å². The first-order valence-electron chi connectivity index (χ1n) is 4.78. The molecule has 1 aromatic heterocycles. The van der Waals surface area contributed by atoms with Crippen LogP contribution in [0.25, 0.3) is 0 Å². The molecule has 0 radical (unpaired) electrons.